The van der Waals surface area contributed by atoms with Crippen molar-refractivity contribution >= 4 is 33.8 Å². The number of hydroxylamine groups is 2. The van der Waals surface area contributed by atoms with Crippen LogP contribution in [0.25, 0.3) is 0 Å². The number of nitrogens with zero attached hydrogens (tertiary/aromatic N) is 2. The van der Waals surface area contributed by atoms with Gasteiger partial charge in [-0.3, -0.25) is 23.8 Å². The average molecular weight is 400 g/mol. The maximum atomic E-state index is 12.3. The number of carbonyl (C=O) groups is 4. The maximum absolute atomic E-state index is 12.3. The largest absolute Gasteiger partial charge is 0.338 e. The summed E-state index contributed by atoms with van der Waals surface area (Å²) in [6, 6.07) is 0. The molecule has 1 saturated heterocycles. The number of amides is 3. The van der Waals surface area contributed by atoms with Crippen molar-refractivity contribution in [1.29, 1.82) is 0 Å². The van der Waals surface area contributed by atoms with Crippen LogP contribution in [0.4, 0.5) is 0 Å². The topological polar surface area (TPSA) is 138 Å². The van der Waals surface area contributed by atoms with Gasteiger partial charge in [0, 0.05) is 18.7 Å². The lowest BCUT2D eigenvalue weighted by Crippen LogP contribution is -2.39. The third-order valence-corrected chi connectivity index (χ3v) is 6.35. The summed E-state index contributed by atoms with van der Waals surface area (Å²) in [4.78, 5) is 53.6. The lowest BCUT2D eigenvalue weighted by molar-refractivity contribution is -0.197. The van der Waals surface area contributed by atoms with E-state index in [2.05, 4.69) is 0 Å². The van der Waals surface area contributed by atoms with E-state index in [1.54, 1.807) is 0 Å². The summed E-state index contributed by atoms with van der Waals surface area (Å²) in [6.45, 7) is 0.226. The molecule has 3 aliphatic rings. The molecular formula is C16H20N2O8S. The smallest absolute Gasteiger partial charge is 0.335 e. The van der Waals surface area contributed by atoms with E-state index in [1.165, 1.54) is 17.1 Å². The zero-order chi connectivity index (χ0) is 19.8. The first-order valence-corrected chi connectivity index (χ1v) is 10.2. The highest BCUT2D eigenvalue weighted by atomic mass is 32.2. The Morgan fingerprint density at radius 3 is 2.19 bits per heavy atom. The highest BCUT2D eigenvalue weighted by Gasteiger charge is 2.43. The molecule has 1 atom stereocenters. The highest BCUT2D eigenvalue weighted by Crippen LogP contribution is 2.31. The first-order chi connectivity index (χ1) is 12.7. The van der Waals surface area contributed by atoms with E-state index in [4.69, 9.17) is 9.39 Å². The van der Waals surface area contributed by atoms with Crippen molar-refractivity contribution in [3.63, 3.8) is 0 Å². The van der Waals surface area contributed by atoms with Gasteiger partial charge in [0.2, 0.25) is 0 Å². The van der Waals surface area contributed by atoms with Crippen LogP contribution in [0.15, 0.2) is 12.2 Å². The zero-order valence-electron chi connectivity index (χ0n) is 14.4. The van der Waals surface area contributed by atoms with Crippen molar-refractivity contribution in [2.75, 3.05) is 13.1 Å². The lowest BCUT2D eigenvalue weighted by Gasteiger charge is -2.30. The second kappa shape index (κ2) is 7.39. The van der Waals surface area contributed by atoms with Crippen molar-refractivity contribution in [2.45, 2.75) is 37.4 Å². The van der Waals surface area contributed by atoms with Crippen LogP contribution in [0.5, 0.6) is 0 Å². The van der Waals surface area contributed by atoms with Crippen molar-refractivity contribution < 1.29 is 37.0 Å². The molecule has 0 radical (unpaired) electrons. The second-order valence-corrected chi connectivity index (χ2v) is 8.58. The Balaban J connectivity index is 1.47. The fraction of sp³-hybridized carbons (Fsp3) is 0.625. The SMILES string of the molecule is O=C(ON1CCC(S(=O)(=O)O)C1=O)C1CCC(CN2C(=O)C=CC2=O)CC1. The van der Waals surface area contributed by atoms with Crippen molar-refractivity contribution in [3.8, 4) is 0 Å². The summed E-state index contributed by atoms with van der Waals surface area (Å²) in [7, 11) is -4.52. The molecule has 2 fully saturated rings. The second-order valence-electron chi connectivity index (χ2n) is 6.98. The summed E-state index contributed by atoms with van der Waals surface area (Å²) in [6.07, 6.45) is 4.55. The van der Waals surface area contributed by atoms with Crippen LogP contribution in [0.1, 0.15) is 32.1 Å². The third kappa shape index (κ3) is 4.19. The molecule has 0 aromatic carbocycles. The molecule has 3 rings (SSSR count). The van der Waals surface area contributed by atoms with Crippen LogP contribution < -0.4 is 0 Å². The van der Waals surface area contributed by atoms with Crippen LogP contribution in [-0.2, 0) is 34.1 Å². The van der Waals surface area contributed by atoms with Gasteiger partial charge in [-0.05, 0) is 38.0 Å². The molecule has 1 saturated carbocycles. The minimum absolute atomic E-state index is 0.0867. The van der Waals surface area contributed by atoms with Crippen LogP contribution >= 0.6 is 0 Å². The molecule has 0 aromatic heterocycles. The van der Waals surface area contributed by atoms with E-state index in [-0.39, 0.29) is 30.7 Å². The molecule has 0 bridgehead atoms. The Labute approximate surface area is 155 Å². The van der Waals surface area contributed by atoms with E-state index in [0.29, 0.717) is 37.3 Å². The number of rotatable bonds is 5. The summed E-state index contributed by atoms with van der Waals surface area (Å²) in [5.41, 5.74) is 0. The van der Waals surface area contributed by atoms with Crippen LogP contribution in [0.2, 0.25) is 0 Å². The predicted molar refractivity (Wildman–Crippen MR) is 89.1 cm³/mol. The first kappa shape index (κ1) is 19.5. The van der Waals surface area contributed by atoms with Gasteiger partial charge in [0.25, 0.3) is 27.8 Å². The zero-order valence-corrected chi connectivity index (χ0v) is 15.3. The summed E-state index contributed by atoms with van der Waals surface area (Å²) in [5.74, 6) is -2.57. The molecule has 27 heavy (non-hydrogen) atoms. The molecule has 1 aliphatic carbocycles. The van der Waals surface area contributed by atoms with Crippen LogP contribution in [-0.4, -0.2) is 65.0 Å². The third-order valence-electron chi connectivity index (χ3n) is 5.20. The predicted octanol–water partition coefficient (Wildman–Crippen LogP) is -0.335. The standard InChI is InChI=1S/C16H20N2O8S/c19-13-5-6-14(20)17(13)9-10-1-3-11(4-2-10)16(22)26-18-8-7-12(15(18)21)27(23,24)25/h5-6,10-12H,1-4,7-9H2,(H,23,24,25). The average Bonchev–Trinajstić information content (AvgIpc) is 3.12. The molecule has 11 heteroatoms. The summed E-state index contributed by atoms with van der Waals surface area (Å²) >= 11 is 0. The van der Waals surface area contributed by atoms with E-state index >= 15 is 0 Å². The molecule has 1 N–H and O–H groups in total. The quantitative estimate of drug-likeness (QED) is 0.489. The molecule has 1 unspecified atom stereocenters. The van der Waals surface area contributed by atoms with Gasteiger partial charge in [-0.2, -0.15) is 13.5 Å². The molecule has 2 heterocycles. The van der Waals surface area contributed by atoms with E-state index in [1.807, 2.05) is 0 Å². The molecule has 148 valence electrons. The van der Waals surface area contributed by atoms with Gasteiger partial charge in [0.05, 0.1) is 12.5 Å². The van der Waals surface area contributed by atoms with Crippen LogP contribution in [0.3, 0.4) is 0 Å². The number of hydrogen-bond donors (Lipinski definition) is 1. The maximum Gasteiger partial charge on any atom is 0.335 e. The van der Waals surface area contributed by atoms with Crippen molar-refractivity contribution in [2.24, 2.45) is 11.8 Å². The molecule has 10 nitrogen and oxygen atoms in total. The van der Waals surface area contributed by atoms with Crippen molar-refractivity contribution in [1.82, 2.24) is 9.96 Å². The fourth-order valence-electron chi connectivity index (χ4n) is 3.63. The minimum atomic E-state index is -4.52. The van der Waals surface area contributed by atoms with Crippen molar-refractivity contribution in [3.05, 3.63) is 12.2 Å². The summed E-state index contributed by atoms with van der Waals surface area (Å²) in [5, 5.41) is -0.898. The Bertz CT molecular complexity index is 779. The van der Waals surface area contributed by atoms with E-state index in [0.717, 1.165) is 0 Å². The van der Waals surface area contributed by atoms with Gasteiger partial charge in [0.15, 0.2) is 5.25 Å². The monoisotopic (exact) mass is 400 g/mol. The molecule has 2 aliphatic heterocycles. The Morgan fingerprint density at radius 1 is 1.07 bits per heavy atom. The number of imide groups is 1. The van der Waals surface area contributed by atoms with Gasteiger partial charge in [-0.25, -0.2) is 4.79 Å². The van der Waals surface area contributed by atoms with E-state index < -0.39 is 33.2 Å². The van der Waals surface area contributed by atoms with Crippen LogP contribution in [0, 0.1) is 11.8 Å². The molecule has 3 amide bonds. The molecular weight excluding hydrogens is 380 g/mol. The first-order valence-electron chi connectivity index (χ1n) is 8.70. The number of carbonyl (C=O) groups excluding carboxylic acids is 4. The Morgan fingerprint density at radius 2 is 1.67 bits per heavy atom. The minimum Gasteiger partial charge on any atom is -0.338 e. The van der Waals surface area contributed by atoms with Gasteiger partial charge < -0.3 is 4.84 Å². The van der Waals surface area contributed by atoms with Gasteiger partial charge in [-0.1, -0.05) is 0 Å². The molecule has 0 aromatic rings. The number of hydrogen-bond acceptors (Lipinski definition) is 7. The van der Waals surface area contributed by atoms with Gasteiger partial charge in [0.1, 0.15) is 0 Å². The highest BCUT2D eigenvalue weighted by molar-refractivity contribution is 7.87. The van der Waals surface area contributed by atoms with E-state index in [9.17, 15) is 27.6 Å². The Kier molecular flexibility index (Phi) is 5.33. The van der Waals surface area contributed by atoms with Gasteiger partial charge >= 0.3 is 5.97 Å². The Hall–Kier alpha value is -2.27. The van der Waals surface area contributed by atoms with Gasteiger partial charge in [-0.15, -0.1) is 0 Å². The molecule has 0 spiro atoms. The fourth-order valence-corrected chi connectivity index (χ4v) is 4.40. The lowest BCUT2D eigenvalue weighted by atomic mass is 9.82. The summed E-state index contributed by atoms with van der Waals surface area (Å²) < 4.78 is 31.2. The normalized spacial score (nSPS) is 28.9.